The van der Waals surface area contributed by atoms with Crippen molar-refractivity contribution in [3.63, 3.8) is 0 Å². The highest BCUT2D eigenvalue weighted by molar-refractivity contribution is 5.38. The average molecular weight is 307 g/mol. The summed E-state index contributed by atoms with van der Waals surface area (Å²) >= 11 is 0. The summed E-state index contributed by atoms with van der Waals surface area (Å²) in [5.74, 6) is 0.713. The molecular formula is C19H21N3O. The fourth-order valence-corrected chi connectivity index (χ4v) is 2.60. The number of H-pyrrole nitrogens is 1. The Morgan fingerprint density at radius 3 is 2.26 bits per heavy atom. The van der Waals surface area contributed by atoms with Crippen LogP contribution < -0.4 is 5.69 Å². The number of hydrogen-bond acceptors (Lipinski definition) is 2. The molecule has 3 aromatic rings. The topological polar surface area (TPSA) is 50.7 Å². The van der Waals surface area contributed by atoms with E-state index in [4.69, 9.17) is 0 Å². The van der Waals surface area contributed by atoms with E-state index < -0.39 is 0 Å². The van der Waals surface area contributed by atoms with Gasteiger partial charge in [-0.25, -0.2) is 14.5 Å². The highest BCUT2D eigenvalue weighted by atomic mass is 16.1. The second-order valence-electron chi connectivity index (χ2n) is 6.74. The Kier molecular flexibility index (Phi) is 3.90. The van der Waals surface area contributed by atoms with E-state index in [1.54, 1.807) is 4.57 Å². The van der Waals surface area contributed by atoms with Gasteiger partial charge in [-0.05, 0) is 28.7 Å². The molecular weight excluding hydrogens is 286 g/mol. The number of aromatic nitrogens is 3. The molecule has 1 aromatic heterocycles. The molecule has 0 atom stereocenters. The summed E-state index contributed by atoms with van der Waals surface area (Å²) in [5, 5.41) is 6.74. The first-order chi connectivity index (χ1) is 10.9. The van der Waals surface area contributed by atoms with Crippen molar-refractivity contribution in [2.45, 2.75) is 32.6 Å². The van der Waals surface area contributed by atoms with Crippen molar-refractivity contribution in [3.8, 4) is 5.69 Å². The van der Waals surface area contributed by atoms with E-state index in [9.17, 15) is 4.79 Å². The molecule has 3 rings (SSSR count). The van der Waals surface area contributed by atoms with Crippen molar-refractivity contribution in [1.82, 2.24) is 14.8 Å². The van der Waals surface area contributed by atoms with Crippen molar-refractivity contribution in [1.29, 1.82) is 0 Å². The fraction of sp³-hybridized carbons (Fsp3) is 0.263. The predicted molar refractivity (Wildman–Crippen MR) is 92.1 cm³/mol. The summed E-state index contributed by atoms with van der Waals surface area (Å²) < 4.78 is 1.64. The molecule has 0 saturated heterocycles. The van der Waals surface area contributed by atoms with Gasteiger partial charge in [0.15, 0.2) is 0 Å². The van der Waals surface area contributed by atoms with Gasteiger partial charge in [0, 0.05) is 6.42 Å². The van der Waals surface area contributed by atoms with Gasteiger partial charge in [0.05, 0.1) is 5.69 Å². The molecule has 1 N–H and O–H groups in total. The van der Waals surface area contributed by atoms with Crippen LogP contribution in [0.1, 0.15) is 37.7 Å². The number of benzene rings is 2. The molecule has 0 unspecified atom stereocenters. The lowest BCUT2D eigenvalue weighted by Gasteiger charge is -2.19. The summed E-state index contributed by atoms with van der Waals surface area (Å²) in [6, 6.07) is 18.1. The molecule has 0 amide bonds. The summed E-state index contributed by atoms with van der Waals surface area (Å²) in [4.78, 5) is 12.2. The number of nitrogens with one attached hydrogen (secondary N) is 1. The SMILES string of the molecule is CC(C)(C)c1ccc(-n2c(Cc3ccccc3)n[nH]c2=O)cc1. The molecule has 118 valence electrons. The molecule has 0 saturated carbocycles. The number of hydrogen-bond donors (Lipinski definition) is 1. The minimum Gasteiger partial charge on any atom is -0.247 e. The molecule has 23 heavy (non-hydrogen) atoms. The van der Waals surface area contributed by atoms with Crippen LogP contribution in [0.2, 0.25) is 0 Å². The minimum atomic E-state index is -0.209. The molecule has 0 aliphatic heterocycles. The number of nitrogens with zero attached hydrogens (tertiary/aromatic N) is 2. The highest BCUT2D eigenvalue weighted by Crippen LogP contribution is 2.23. The second-order valence-corrected chi connectivity index (χ2v) is 6.74. The third-order valence-electron chi connectivity index (χ3n) is 3.94. The van der Waals surface area contributed by atoms with Gasteiger partial charge in [-0.2, -0.15) is 5.10 Å². The molecule has 0 aliphatic rings. The third kappa shape index (κ3) is 3.26. The van der Waals surface area contributed by atoms with Crippen LogP contribution in [0.25, 0.3) is 5.69 Å². The van der Waals surface area contributed by atoms with Crippen molar-refractivity contribution >= 4 is 0 Å². The van der Waals surface area contributed by atoms with Gasteiger partial charge in [0.2, 0.25) is 0 Å². The van der Waals surface area contributed by atoms with Crippen LogP contribution in [0.3, 0.4) is 0 Å². The maximum atomic E-state index is 12.2. The van der Waals surface area contributed by atoms with Gasteiger partial charge < -0.3 is 0 Å². The fourth-order valence-electron chi connectivity index (χ4n) is 2.60. The first kappa shape index (κ1) is 15.3. The molecule has 0 fully saturated rings. The Morgan fingerprint density at radius 2 is 1.65 bits per heavy atom. The van der Waals surface area contributed by atoms with E-state index >= 15 is 0 Å². The van der Waals surface area contributed by atoms with Gasteiger partial charge in [-0.1, -0.05) is 63.2 Å². The second kappa shape index (κ2) is 5.88. The first-order valence-corrected chi connectivity index (χ1v) is 7.76. The molecule has 0 aliphatic carbocycles. The van der Waals surface area contributed by atoms with Crippen LogP contribution in [-0.4, -0.2) is 14.8 Å². The Labute approximate surface area is 135 Å². The summed E-state index contributed by atoms with van der Waals surface area (Å²) in [5.41, 5.74) is 3.08. The third-order valence-corrected chi connectivity index (χ3v) is 3.94. The van der Waals surface area contributed by atoms with Gasteiger partial charge in [0.25, 0.3) is 0 Å². The van der Waals surface area contributed by atoms with Crippen LogP contribution in [-0.2, 0) is 11.8 Å². The van der Waals surface area contributed by atoms with E-state index in [1.165, 1.54) is 5.56 Å². The lowest BCUT2D eigenvalue weighted by molar-refractivity contribution is 0.590. The van der Waals surface area contributed by atoms with E-state index in [2.05, 4.69) is 43.1 Å². The Bertz CT molecular complexity index is 837. The zero-order chi connectivity index (χ0) is 16.4. The van der Waals surface area contributed by atoms with Gasteiger partial charge in [-0.15, -0.1) is 0 Å². The zero-order valence-electron chi connectivity index (χ0n) is 13.7. The Morgan fingerprint density at radius 1 is 1.00 bits per heavy atom. The summed E-state index contributed by atoms with van der Waals surface area (Å²) in [6.07, 6.45) is 0.612. The van der Waals surface area contributed by atoms with Crippen LogP contribution in [0.15, 0.2) is 59.4 Å². The van der Waals surface area contributed by atoms with Crippen molar-refractivity contribution < 1.29 is 0 Å². The van der Waals surface area contributed by atoms with E-state index in [0.29, 0.717) is 12.2 Å². The lowest BCUT2D eigenvalue weighted by atomic mass is 9.87. The molecule has 0 spiro atoms. The zero-order valence-corrected chi connectivity index (χ0v) is 13.7. The normalized spacial score (nSPS) is 11.6. The minimum absolute atomic E-state index is 0.0900. The first-order valence-electron chi connectivity index (χ1n) is 7.76. The predicted octanol–water partition coefficient (Wildman–Crippen LogP) is 3.45. The molecule has 1 heterocycles. The molecule has 4 nitrogen and oxygen atoms in total. The average Bonchev–Trinajstić information content (AvgIpc) is 2.88. The van der Waals surface area contributed by atoms with Crippen molar-refractivity contribution in [2.75, 3.05) is 0 Å². The molecule has 2 aromatic carbocycles. The smallest absolute Gasteiger partial charge is 0.247 e. The van der Waals surface area contributed by atoms with Crippen LogP contribution >= 0.6 is 0 Å². The summed E-state index contributed by atoms with van der Waals surface area (Å²) in [6.45, 7) is 6.52. The van der Waals surface area contributed by atoms with E-state index in [1.807, 2.05) is 42.5 Å². The largest absolute Gasteiger partial charge is 0.347 e. The maximum Gasteiger partial charge on any atom is 0.347 e. The highest BCUT2D eigenvalue weighted by Gasteiger charge is 2.15. The number of rotatable bonds is 3. The quantitative estimate of drug-likeness (QED) is 0.805. The van der Waals surface area contributed by atoms with Gasteiger partial charge >= 0.3 is 5.69 Å². The Balaban J connectivity index is 1.97. The molecule has 0 radical (unpaired) electrons. The van der Waals surface area contributed by atoms with E-state index in [0.717, 1.165) is 11.3 Å². The van der Waals surface area contributed by atoms with Crippen molar-refractivity contribution in [3.05, 3.63) is 82.0 Å². The van der Waals surface area contributed by atoms with Crippen molar-refractivity contribution in [2.24, 2.45) is 0 Å². The van der Waals surface area contributed by atoms with Crippen LogP contribution in [0.5, 0.6) is 0 Å². The lowest BCUT2D eigenvalue weighted by Crippen LogP contribution is -2.18. The van der Waals surface area contributed by atoms with Gasteiger partial charge in [-0.3, -0.25) is 0 Å². The monoisotopic (exact) mass is 307 g/mol. The summed E-state index contributed by atoms with van der Waals surface area (Å²) in [7, 11) is 0. The van der Waals surface area contributed by atoms with Crippen LogP contribution in [0, 0.1) is 0 Å². The molecule has 4 heteroatoms. The maximum absolute atomic E-state index is 12.2. The van der Waals surface area contributed by atoms with Crippen LogP contribution in [0.4, 0.5) is 0 Å². The number of aromatic amines is 1. The standard InChI is InChI=1S/C19H21N3O/c1-19(2,3)15-9-11-16(12-10-15)22-17(20-21-18(22)23)13-14-7-5-4-6-8-14/h4-12H,13H2,1-3H3,(H,21,23). The van der Waals surface area contributed by atoms with E-state index in [-0.39, 0.29) is 11.1 Å². The van der Waals surface area contributed by atoms with Gasteiger partial charge in [0.1, 0.15) is 5.82 Å². The Hall–Kier alpha value is -2.62. The molecule has 0 bridgehead atoms.